The molecule has 2 saturated heterocycles. The number of nitrogens with zero attached hydrogens (tertiary/aromatic N) is 1. The molecule has 2 aliphatic rings. The molecule has 1 N–H and O–H groups in total. The average molecular weight is 352 g/mol. The summed E-state index contributed by atoms with van der Waals surface area (Å²) in [6.07, 6.45) is 3.97. The molecule has 6 nitrogen and oxygen atoms in total. The van der Waals surface area contributed by atoms with Crippen LogP contribution in [0.3, 0.4) is 0 Å². The average Bonchev–Trinajstić information content (AvgIpc) is 2.92. The molecule has 1 aromatic carbocycles. The van der Waals surface area contributed by atoms with E-state index in [-0.39, 0.29) is 10.9 Å². The van der Waals surface area contributed by atoms with Crippen molar-refractivity contribution in [1.29, 1.82) is 0 Å². The summed E-state index contributed by atoms with van der Waals surface area (Å²) in [6.45, 7) is 2.03. The van der Waals surface area contributed by atoms with Crippen molar-refractivity contribution in [3.63, 3.8) is 0 Å². The van der Waals surface area contributed by atoms with E-state index >= 15 is 0 Å². The van der Waals surface area contributed by atoms with Gasteiger partial charge >= 0.3 is 5.97 Å². The fourth-order valence-electron chi connectivity index (χ4n) is 3.66. The van der Waals surface area contributed by atoms with Crippen LogP contribution in [0, 0.1) is 0 Å². The SMILES string of the molecule is CCOC(=O)c1ccc(S(=O)(=O)N(C)C2CC3CCC(C2)N3)cc1. The first-order chi connectivity index (χ1) is 11.4. The van der Waals surface area contributed by atoms with Gasteiger partial charge < -0.3 is 10.1 Å². The molecule has 24 heavy (non-hydrogen) atoms. The molecule has 2 aliphatic heterocycles. The Balaban J connectivity index is 1.76. The maximum atomic E-state index is 12.9. The second kappa shape index (κ2) is 6.82. The fraction of sp³-hybridized carbons (Fsp3) is 0.588. The summed E-state index contributed by atoms with van der Waals surface area (Å²) in [5.74, 6) is -0.440. The lowest BCUT2D eigenvalue weighted by Crippen LogP contribution is -2.48. The minimum atomic E-state index is -3.56. The molecular formula is C17H24N2O4S. The van der Waals surface area contributed by atoms with E-state index in [1.807, 2.05) is 0 Å². The number of piperidine rings is 1. The van der Waals surface area contributed by atoms with Crippen molar-refractivity contribution in [2.24, 2.45) is 0 Å². The predicted octanol–water partition coefficient (Wildman–Crippen LogP) is 1.77. The first-order valence-electron chi connectivity index (χ1n) is 8.43. The standard InChI is InChI=1S/C17H24N2O4S/c1-3-23-17(20)12-4-8-16(9-5-12)24(21,22)19(2)15-10-13-6-7-14(11-15)18-13/h4-5,8-9,13-15,18H,3,6-7,10-11H2,1-2H3. The van der Waals surface area contributed by atoms with E-state index in [2.05, 4.69) is 5.32 Å². The molecule has 2 bridgehead atoms. The highest BCUT2D eigenvalue weighted by Gasteiger charge is 2.38. The number of esters is 1. The molecule has 2 unspecified atom stereocenters. The van der Waals surface area contributed by atoms with Crippen molar-refractivity contribution in [3.8, 4) is 0 Å². The van der Waals surface area contributed by atoms with Crippen molar-refractivity contribution in [2.45, 2.75) is 55.6 Å². The number of carbonyl (C=O) groups is 1. The first-order valence-corrected chi connectivity index (χ1v) is 9.87. The van der Waals surface area contributed by atoms with Crippen LogP contribution in [0.2, 0.25) is 0 Å². The van der Waals surface area contributed by atoms with E-state index in [4.69, 9.17) is 4.74 Å². The number of hydrogen-bond donors (Lipinski definition) is 1. The van der Waals surface area contributed by atoms with Crippen molar-refractivity contribution < 1.29 is 17.9 Å². The Kier molecular flexibility index (Phi) is 4.94. The van der Waals surface area contributed by atoms with Gasteiger partial charge in [-0.05, 0) is 56.9 Å². The lowest BCUT2D eigenvalue weighted by molar-refractivity contribution is 0.0526. The van der Waals surface area contributed by atoms with Crippen molar-refractivity contribution in [3.05, 3.63) is 29.8 Å². The molecule has 1 aromatic rings. The van der Waals surface area contributed by atoms with Gasteiger partial charge in [-0.25, -0.2) is 13.2 Å². The number of nitrogens with one attached hydrogen (secondary N) is 1. The monoisotopic (exact) mass is 352 g/mol. The molecule has 2 atom stereocenters. The summed E-state index contributed by atoms with van der Waals surface area (Å²) in [4.78, 5) is 11.9. The number of rotatable bonds is 5. The Bertz CT molecular complexity index is 690. The highest BCUT2D eigenvalue weighted by atomic mass is 32.2. The molecule has 0 spiro atoms. The molecule has 0 aliphatic carbocycles. The minimum absolute atomic E-state index is 0.0264. The smallest absolute Gasteiger partial charge is 0.338 e. The maximum absolute atomic E-state index is 12.9. The number of ether oxygens (including phenoxy) is 1. The second-order valence-electron chi connectivity index (χ2n) is 6.53. The Hall–Kier alpha value is -1.44. The van der Waals surface area contributed by atoms with E-state index < -0.39 is 16.0 Å². The number of hydrogen-bond acceptors (Lipinski definition) is 5. The van der Waals surface area contributed by atoms with Crippen LogP contribution in [0.15, 0.2) is 29.2 Å². The predicted molar refractivity (Wildman–Crippen MR) is 90.3 cm³/mol. The lowest BCUT2D eigenvalue weighted by Gasteiger charge is -2.34. The molecule has 132 valence electrons. The zero-order valence-corrected chi connectivity index (χ0v) is 14.9. The molecule has 0 saturated carbocycles. The van der Waals surface area contributed by atoms with Crippen LogP contribution in [-0.2, 0) is 14.8 Å². The van der Waals surface area contributed by atoms with E-state index in [0.29, 0.717) is 24.3 Å². The van der Waals surface area contributed by atoms with Gasteiger partial charge in [-0.15, -0.1) is 0 Å². The molecule has 0 aromatic heterocycles. The van der Waals surface area contributed by atoms with E-state index in [9.17, 15) is 13.2 Å². The number of benzene rings is 1. The summed E-state index contributed by atoms with van der Waals surface area (Å²) in [6, 6.07) is 6.85. The fourth-order valence-corrected chi connectivity index (χ4v) is 5.04. The molecule has 0 amide bonds. The molecule has 3 rings (SSSR count). The molecule has 7 heteroatoms. The van der Waals surface area contributed by atoms with Crippen molar-refractivity contribution in [2.75, 3.05) is 13.7 Å². The van der Waals surface area contributed by atoms with Crippen LogP contribution in [0.1, 0.15) is 43.0 Å². The Morgan fingerprint density at radius 2 is 1.79 bits per heavy atom. The number of carbonyl (C=O) groups excluding carboxylic acids is 1. The van der Waals surface area contributed by atoms with Gasteiger partial charge in [0.15, 0.2) is 0 Å². The molecular weight excluding hydrogens is 328 g/mol. The Morgan fingerprint density at radius 1 is 1.21 bits per heavy atom. The third kappa shape index (κ3) is 3.34. The summed E-state index contributed by atoms with van der Waals surface area (Å²) >= 11 is 0. The normalized spacial score (nSPS) is 26.5. The van der Waals surface area contributed by atoms with Crippen LogP contribution in [0.5, 0.6) is 0 Å². The quantitative estimate of drug-likeness (QED) is 0.818. The number of fused-ring (bicyclic) bond motifs is 2. The Labute approximate surface area is 143 Å². The summed E-state index contributed by atoms with van der Waals surface area (Å²) in [5, 5.41) is 3.53. The van der Waals surface area contributed by atoms with Crippen LogP contribution in [-0.4, -0.2) is 50.5 Å². The van der Waals surface area contributed by atoms with E-state index in [0.717, 1.165) is 25.7 Å². The summed E-state index contributed by atoms with van der Waals surface area (Å²) in [5.41, 5.74) is 0.360. The molecule has 2 fully saturated rings. The third-order valence-electron chi connectivity index (χ3n) is 5.00. The van der Waals surface area contributed by atoms with Crippen molar-refractivity contribution in [1.82, 2.24) is 9.62 Å². The lowest BCUT2D eigenvalue weighted by atomic mass is 10.0. The van der Waals surface area contributed by atoms with Gasteiger partial charge in [-0.3, -0.25) is 0 Å². The van der Waals surface area contributed by atoms with Gasteiger partial charge in [0.05, 0.1) is 17.1 Å². The summed E-state index contributed by atoms with van der Waals surface area (Å²) in [7, 11) is -1.90. The zero-order valence-electron chi connectivity index (χ0n) is 14.1. The summed E-state index contributed by atoms with van der Waals surface area (Å²) < 4.78 is 32.1. The maximum Gasteiger partial charge on any atom is 0.338 e. The van der Waals surface area contributed by atoms with E-state index in [1.165, 1.54) is 28.6 Å². The van der Waals surface area contributed by atoms with Crippen molar-refractivity contribution >= 4 is 16.0 Å². The first kappa shape index (κ1) is 17.4. The molecule has 2 heterocycles. The van der Waals surface area contributed by atoms with Gasteiger partial charge in [-0.2, -0.15) is 4.31 Å². The van der Waals surface area contributed by atoms with Crippen LogP contribution in [0.4, 0.5) is 0 Å². The highest BCUT2D eigenvalue weighted by molar-refractivity contribution is 7.89. The van der Waals surface area contributed by atoms with Gasteiger partial charge in [0.2, 0.25) is 10.0 Å². The number of sulfonamides is 1. The second-order valence-corrected chi connectivity index (χ2v) is 8.53. The molecule has 0 radical (unpaired) electrons. The van der Waals surface area contributed by atoms with E-state index in [1.54, 1.807) is 14.0 Å². The van der Waals surface area contributed by atoms with Crippen LogP contribution in [0.25, 0.3) is 0 Å². The third-order valence-corrected chi connectivity index (χ3v) is 6.93. The zero-order chi connectivity index (χ0) is 17.3. The van der Waals surface area contributed by atoms with Crippen LogP contribution < -0.4 is 5.32 Å². The topological polar surface area (TPSA) is 75.7 Å². The van der Waals surface area contributed by atoms with Gasteiger partial charge in [-0.1, -0.05) is 0 Å². The minimum Gasteiger partial charge on any atom is -0.462 e. The Morgan fingerprint density at radius 3 is 2.33 bits per heavy atom. The van der Waals surface area contributed by atoms with Gasteiger partial charge in [0, 0.05) is 25.2 Å². The highest BCUT2D eigenvalue weighted by Crippen LogP contribution is 2.31. The largest absolute Gasteiger partial charge is 0.462 e. The van der Waals surface area contributed by atoms with Gasteiger partial charge in [0.1, 0.15) is 0 Å². The van der Waals surface area contributed by atoms with Crippen LogP contribution >= 0.6 is 0 Å². The van der Waals surface area contributed by atoms with Gasteiger partial charge in [0.25, 0.3) is 0 Å².